The molecular formula is C26H32F3N6O2P. The maximum absolute atomic E-state index is 14.0. The zero-order chi connectivity index (χ0) is 27.2. The molecule has 12 heteroatoms. The number of rotatable bonds is 7. The lowest BCUT2D eigenvalue weighted by molar-refractivity contribution is -0.137. The average Bonchev–Trinajstić information content (AvgIpc) is 3.48. The average molecular weight is 549 g/mol. The summed E-state index contributed by atoms with van der Waals surface area (Å²) in [6, 6.07) is 3.39. The molecule has 0 aliphatic heterocycles. The van der Waals surface area contributed by atoms with Crippen molar-refractivity contribution in [3.05, 3.63) is 35.7 Å². The second-order valence-electron chi connectivity index (χ2n) is 10.8. The van der Waals surface area contributed by atoms with Crippen molar-refractivity contribution in [3.63, 3.8) is 0 Å². The van der Waals surface area contributed by atoms with E-state index >= 15 is 0 Å². The molecule has 5 N–H and O–H groups in total. The van der Waals surface area contributed by atoms with Crippen LogP contribution in [0.3, 0.4) is 0 Å². The summed E-state index contributed by atoms with van der Waals surface area (Å²) >= 11 is 0. The van der Waals surface area contributed by atoms with Crippen molar-refractivity contribution >= 4 is 35.2 Å². The Bertz CT molecular complexity index is 1400. The molecule has 2 heterocycles. The molecule has 0 saturated heterocycles. The number of hydrogen-bond donors (Lipinski definition) is 4. The van der Waals surface area contributed by atoms with Crippen LogP contribution in [0.25, 0.3) is 22.2 Å². The molecule has 0 bridgehead atoms. The Morgan fingerprint density at radius 2 is 1.92 bits per heavy atom. The van der Waals surface area contributed by atoms with Crippen LogP contribution >= 0.6 is 7.14 Å². The number of nitrogens with two attached hydrogens (primary N) is 1. The van der Waals surface area contributed by atoms with Crippen LogP contribution in [0, 0.1) is 5.92 Å². The van der Waals surface area contributed by atoms with E-state index in [1.54, 1.807) is 19.4 Å². The third kappa shape index (κ3) is 5.31. The summed E-state index contributed by atoms with van der Waals surface area (Å²) < 4.78 is 55.4. The highest BCUT2D eigenvalue weighted by Crippen LogP contribution is 2.43. The number of nitrogens with zero attached hydrogens (tertiary/aromatic N) is 2. The highest BCUT2D eigenvalue weighted by molar-refractivity contribution is 7.70. The van der Waals surface area contributed by atoms with Gasteiger partial charge in [-0.1, -0.05) is 18.9 Å². The second kappa shape index (κ2) is 10.0. The summed E-state index contributed by atoms with van der Waals surface area (Å²) in [5.74, 6) is 0.0697. The quantitative estimate of drug-likeness (QED) is 0.317. The Morgan fingerprint density at radius 3 is 2.55 bits per heavy atom. The van der Waals surface area contributed by atoms with E-state index in [1.807, 2.05) is 0 Å². The molecule has 0 unspecified atom stereocenters. The van der Waals surface area contributed by atoms with Gasteiger partial charge in [0.15, 0.2) is 0 Å². The predicted molar refractivity (Wildman–Crippen MR) is 142 cm³/mol. The SMILES string of the molecule is CP(C)(=O)c1c(C(=O)NCC2CC(N)C2)ccc2c(-c3nc(NC4CCCC4)ncc3C(F)(F)F)c[nH]c12. The first-order valence-electron chi connectivity index (χ1n) is 12.9. The van der Waals surface area contributed by atoms with Gasteiger partial charge in [0, 0.05) is 47.3 Å². The van der Waals surface area contributed by atoms with Crippen LogP contribution in [0.5, 0.6) is 0 Å². The number of nitrogens with one attached hydrogen (secondary N) is 3. The van der Waals surface area contributed by atoms with Crippen molar-refractivity contribution in [2.24, 2.45) is 11.7 Å². The van der Waals surface area contributed by atoms with E-state index in [0.717, 1.165) is 44.7 Å². The number of carbonyl (C=O) groups is 1. The van der Waals surface area contributed by atoms with Crippen LogP contribution in [0.2, 0.25) is 0 Å². The number of hydrogen-bond acceptors (Lipinski definition) is 6. The number of benzene rings is 1. The molecule has 2 aliphatic rings. The van der Waals surface area contributed by atoms with Crippen LogP contribution < -0.4 is 21.7 Å². The number of anilines is 1. The molecule has 5 rings (SSSR count). The maximum Gasteiger partial charge on any atom is 0.419 e. The first-order chi connectivity index (χ1) is 17.9. The second-order valence-corrected chi connectivity index (χ2v) is 14.0. The standard InChI is InChI=1S/C26H32F3N6O2P/c1-38(2,37)23-18(24(36)32-11-14-9-15(30)10-14)8-7-17-19(12-31-22(17)23)21-20(26(27,28)29)13-33-25(35-21)34-16-5-3-4-6-16/h7-8,12-16,31H,3-6,9-11,30H2,1-2H3,(H,32,36)(H,33,34,35). The Kier molecular flexibility index (Phi) is 7.02. The van der Waals surface area contributed by atoms with Crippen LogP contribution in [0.4, 0.5) is 19.1 Å². The zero-order valence-electron chi connectivity index (χ0n) is 21.4. The molecule has 38 heavy (non-hydrogen) atoms. The van der Waals surface area contributed by atoms with E-state index in [-0.39, 0.29) is 40.8 Å². The summed E-state index contributed by atoms with van der Waals surface area (Å²) in [5, 5.41) is 6.77. The highest BCUT2D eigenvalue weighted by atomic mass is 31.2. The largest absolute Gasteiger partial charge is 0.419 e. The number of carbonyl (C=O) groups excluding carboxylic acids is 1. The van der Waals surface area contributed by atoms with Crippen LogP contribution in [-0.2, 0) is 10.7 Å². The number of aromatic amines is 1. The molecule has 2 aromatic heterocycles. The lowest BCUT2D eigenvalue weighted by Crippen LogP contribution is -2.43. The summed E-state index contributed by atoms with van der Waals surface area (Å²) in [7, 11) is -3.04. The van der Waals surface area contributed by atoms with Gasteiger partial charge in [-0.25, -0.2) is 9.97 Å². The predicted octanol–water partition coefficient (Wildman–Crippen LogP) is 4.71. The Morgan fingerprint density at radius 1 is 1.21 bits per heavy atom. The van der Waals surface area contributed by atoms with Gasteiger partial charge in [0.2, 0.25) is 5.95 Å². The van der Waals surface area contributed by atoms with Crippen molar-refractivity contribution in [3.8, 4) is 11.3 Å². The molecule has 1 amide bonds. The van der Waals surface area contributed by atoms with Gasteiger partial charge >= 0.3 is 6.18 Å². The van der Waals surface area contributed by atoms with Gasteiger partial charge in [0.05, 0.1) is 16.8 Å². The van der Waals surface area contributed by atoms with Gasteiger partial charge < -0.3 is 25.9 Å². The number of alkyl halides is 3. The third-order valence-corrected chi connectivity index (χ3v) is 9.01. The Hall–Kier alpha value is -2.91. The molecule has 2 fully saturated rings. The minimum atomic E-state index is -4.68. The van der Waals surface area contributed by atoms with Crippen LogP contribution in [-0.4, -0.2) is 52.8 Å². The smallest absolute Gasteiger partial charge is 0.360 e. The zero-order valence-corrected chi connectivity index (χ0v) is 22.3. The normalized spacial score (nSPS) is 20.5. The summed E-state index contributed by atoms with van der Waals surface area (Å²) in [6.45, 7) is 3.54. The highest BCUT2D eigenvalue weighted by Gasteiger charge is 2.37. The monoisotopic (exact) mass is 548 g/mol. The van der Waals surface area contributed by atoms with Gasteiger partial charge in [-0.15, -0.1) is 0 Å². The number of amides is 1. The third-order valence-electron chi connectivity index (χ3n) is 7.47. The van der Waals surface area contributed by atoms with E-state index in [2.05, 4.69) is 25.6 Å². The summed E-state index contributed by atoms with van der Waals surface area (Å²) in [4.78, 5) is 24.3. The first-order valence-corrected chi connectivity index (χ1v) is 15.5. The number of aromatic nitrogens is 3. The fourth-order valence-corrected chi connectivity index (χ4v) is 7.01. The molecule has 2 aliphatic carbocycles. The van der Waals surface area contributed by atoms with Gasteiger partial charge in [0.1, 0.15) is 12.7 Å². The van der Waals surface area contributed by atoms with Crippen molar-refractivity contribution in [2.45, 2.75) is 56.8 Å². The van der Waals surface area contributed by atoms with E-state index in [9.17, 15) is 22.5 Å². The van der Waals surface area contributed by atoms with E-state index in [1.165, 1.54) is 12.3 Å². The lowest BCUT2D eigenvalue weighted by Gasteiger charge is -2.32. The molecule has 0 spiro atoms. The molecular weight excluding hydrogens is 516 g/mol. The van der Waals surface area contributed by atoms with Gasteiger partial charge in [-0.05, 0) is 51.0 Å². The van der Waals surface area contributed by atoms with Crippen molar-refractivity contribution in [1.29, 1.82) is 0 Å². The number of halogens is 3. The summed E-state index contributed by atoms with van der Waals surface area (Å²) in [5.41, 5.74) is 5.40. The molecule has 1 aromatic carbocycles. The van der Waals surface area contributed by atoms with Gasteiger partial charge in [0.25, 0.3) is 5.91 Å². The molecule has 2 saturated carbocycles. The van der Waals surface area contributed by atoms with Gasteiger partial charge in [-0.2, -0.15) is 13.2 Å². The van der Waals surface area contributed by atoms with E-state index in [4.69, 9.17) is 5.73 Å². The van der Waals surface area contributed by atoms with Crippen LogP contribution in [0.15, 0.2) is 24.5 Å². The number of H-pyrrole nitrogens is 1. The molecule has 3 aromatic rings. The molecule has 0 atom stereocenters. The van der Waals surface area contributed by atoms with E-state index < -0.39 is 18.9 Å². The lowest BCUT2D eigenvalue weighted by atomic mass is 9.81. The van der Waals surface area contributed by atoms with E-state index in [0.29, 0.717) is 28.7 Å². The topological polar surface area (TPSA) is 126 Å². The fourth-order valence-electron chi connectivity index (χ4n) is 5.53. The minimum Gasteiger partial charge on any atom is -0.360 e. The van der Waals surface area contributed by atoms with Crippen LogP contribution in [0.1, 0.15) is 54.4 Å². The molecule has 204 valence electrons. The van der Waals surface area contributed by atoms with Crippen molar-refractivity contribution < 1.29 is 22.5 Å². The molecule has 0 radical (unpaired) electrons. The molecule has 8 nitrogen and oxygen atoms in total. The van der Waals surface area contributed by atoms with Crippen molar-refractivity contribution in [2.75, 3.05) is 25.2 Å². The summed E-state index contributed by atoms with van der Waals surface area (Å²) in [6.07, 6.45) is 3.16. The minimum absolute atomic E-state index is 0.122. The Balaban J connectivity index is 1.56. The first kappa shape index (κ1) is 26.7. The fraction of sp³-hybridized carbons (Fsp3) is 0.500. The maximum atomic E-state index is 14.0. The number of fused-ring (bicyclic) bond motifs is 1. The van der Waals surface area contributed by atoms with Gasteiger partial charge in [-0.3, -0.25) is 4.79 Å². The Labute approximate surface area is 218 Å². The van der Waals surface area contributed by atoms with Crippen molar-refractivity contribution in [1.82, 2.24) is 20.3 Å².